The van der Waals surface area contributed by atoms with Gasteiger partial charge < -0.3 is 5.11 Å². The molecule has 0 saturated carbocycles. The van der Waals surface area contributed by atoms with Gasteiger partial charge in [0.15, 0.2) is 11.0 Å². The molecule has 0 spiro atoms. The first-order valence-corrected chi connectivity index (χ1v) is 5.13. The summed E-state index contributed by atoms with van der Waals surface area (Å²) < 4.78 is 12.2. The van der Waals surface area contributed by atoms with Crippen LogP contribution >= 0.6 is 0 Å². The maximum atomic E-state index is 11.6. The fourth-order valence-electron chi connectivity index (χ4n) is 1.32. The molecule has 74 valence electrons. The largest absolute Gasteiger partial charge is 0.505 e. The number of allylic oxidation sites excluding steroid dienone is 1. The number of aliphatic hydroxyl groups excluding tert-OH is 1. The lowest BCUT2D eigenvalue weighted by Crippen LogP contribution is -2.25. The number of fused-ring (bicyclic) bond motifs is 1. The van der Waals surface area contributed by atoms with Gasteiger partial charge in [0.2, 0.25) is 0 Å². The van der Waals surface area contributed by atoms with E-state index in [0.29, 0.717) is 14.9 Å². The van der Waals surface area contributed by atoms with Crippen molar-refractivity contribution in [3.63, 3.8) is 0 Å². The van der Waals surface area contributed by atoms with Crippen molar-refractivity contribution in [2.75, 3.05) is 0 Å². The van der Waals surface area contributed by atoms with Gasteiger partial charge in [-0.15, -0.1) is 0 Å². The molecule has 0 fully saturated rings. The fourth-order valence-corrected chi connectivity index (χ4v) is 2.39. The summed E-state index contributed by atoms with van der Waals surface area (Å²) in [5.41, 5.74) is 0.704. The molecule has 1 heterocycles. The maximum Gasteiger partial charge on any atom is 0.177 e. The van der Waals surface area contributed by atoms with E-state index in [9.17, 15) is 14.5 Å². The van der Waals surface area contributed by atoms with Crippen molar-refractivity contribution in [1.29, 1.82) is 0 Å². The van der Waals surface area contributed by atoms with E-state index in [1.54, 1.807) is 24.3 Å². The van der Waals surface area contributed by atoms with Crippen molar-refractivity contribution in [3.8, 4) is 0 Å². The Bertz CT molecular complexity index is 441. The highest BCUT2D eigenvalue weighted by molar-refractivity contribution is 7.82. The number of hydrogen-bond acceptors (Lipinski definition) is 3. The van der Waals surface area contributed by atoms with Crippen molar-refractivity contribution in [2.45, 2.75) is 11.8 Å². The smallest absolute Gasteiger partial charge is 0.177 e. The Balaban J connectivity index is 2.71. The number of nitrogens with zero attached hydrogens (tertiary/aromatic N) is 1. The third-order valence-electron chi connectivity index (χ3n) is 2.12. The average Bonchev–Trinajstić information content (AvgIpc) is 2.23. The van der Waals surface area contributed by atoms with Gasteiger partial charge >= 0.3 is 0 Å². The maximum absolute atomic E-state index is 11.6. The normalized spacial score (nSPS) is 21.0. The highest BCUT2D eigenvalue weighted by Gasteiger charge is 2.26. The van der Waals surface area contributed by atoms with Crippen molar-refractivity contribution in [3.05, 3.63) is 35.5 Å². The summed E-state index contributed by atoms with van der Waals surface area (Å²) in [6.07, 6.45) is 0. The molecule has 2 rings (SSSR count). The van der Waals surface area contributed by atoms with Gasteiger partial charge in [-0.3, -0.25) is 5.21 Å². The van der Waals surface area contributed by atoms with E-state index in [1.807, 2.05) is 0 Å². The molecule has 0 saturated heterocycles. The molecule has 2 N–H and O–H groups in total. The first-order chi connectivity index (χ1) is 6.63. The van der Waals surface area contributed by atoms with E-state index in [4.69, 9.17) is 0 Å². The molecule has 1 aromatic rings. The summed E-state index contributed by atoms with van der Waals surface area (Å²) in [6.45, 7) is 1.50. The molecule has 1 aliphatic heterocycles. The van der Waals surface area contributed by atoms with Gasteiger partial charge in [-0.05, 0) is 19.1 Å². The summed E-state index contributed by atoms with van der Waals surface area (Å²) in [6, 6.07) is 6.72. The molecular formula is C9H9NO3S. The topological polar surface area (TPSA) is 60.8 Å². The van der Waals surface area contributed by atoms with Crippen LogP contribution in [0.25, 0.3) is 5.76 Å². The molecule has 14 heavy (non-hydrogen) atoms. The van der Waals surface area contributed by atoms with Crippen LogP contribution in [0.15, 0.2) is 34.9 Å². The minimum atomic E-state index is -1.64. The zero-order chi connectivity index (χ0) is 10.3. The Morgan fingerprint density at radius 3 is 2.71 bits per heavy atom. The molecule has 0 aliphatic carbocycles. The van der Waals surface area contributed by atoms with Crippen LogP contribution in [0.2, 0.25) is 0 Å². The van der Waals surface area contributed by atoms with Crippen LogP contribution in [0, 0.1) is 0 Å². The van der Waals surface area contributed by atoms with Crippen LogP contribution in [-0.4, -0.2) is 19.0 Å². The Morgan fingerprint density at radius 1 is 1.36 bits per heavy atom. The van der Waals surface area contributed by atoms with Crippen molar-refractivity contribution in [1.82, 2.24) is 4.47 Å². The lowest BCUT2D eigenvalue weighted by atomic mass is 10.1. The summed E-state index contributed by atoms with van der Waals surface area (Å²) in [4.78, 5) is 0.415. The lowest BCUT2D eigenvalue weighted by molar-refractivity contribution is 0.0442. The second-order valence-corrected chi connectivity index (χ2v) is 4.24. The summed E-state index contributed by atoms with van der Waals surface area (Å²) in [7, 11) is -1.64. The Kier molecular flexibility index (Phi) is 2.05. The van der Waals surface area contributed by atoms with Crippen LogP contribution < -0.4 is 0 Å². The zero-order valence-electron chi connectivity index (χ0n) is 7.47. The third kappa shape index (κ3) is 1.13. The van der Waals surface area contributed by atoms with E-state index < -0.39 is 11.0 Å². The van der Waals surface area contributed by atoms with Crippen LogP contribution in [0.4, 0.5) is 0 Å². The Labute approximate surface area is 83.6 Å². The summed E-state index contributed by atoms with van der Waals surface area (Å²) >= 11 is 0. The lowest BCUT2D eigenvalue weighted by Gasteiger charge is -2.24. The molecule has 0 aromatic heterocycles. The third-order valence-corrected chi connectivity index (χ3v) is 3.44. The molecule has 1 aromatic carbocycles. The molecule has 4 nitrogen and oxygen atoms in total. The molecule has 0 bridgehead atoms. The molecule has 1 unspecified atom stereocenters. The van der Waals surface area contributed by atoms with Gasteiger partial charge in [-0.1, -0.05) is 12.1 Å². The molecule has 1 aliphatic rings. The monoisotopic (exact) mass is 211 g/mol. The quantitative estimate of drug-likeness (QED) is 0.686. The second kappa shape index (κ2) is 3.11. The van der Waals surface area contributed by atoms with Crippen molar-refractivity contribution < 1.29 is 14.5 Å². The summed E-state index contributed by atoms with van der Waals surface area (Å²) in [5, 5.41) is 19.0. The number of benzene rings is 1. The number of rotatable bonds is 0. The number of aliphatic hydroxyl groups is 1. The van der Waals surface area contributed by atoms with Crippen molar-refractivity contribution >= 4 is 16.7 Å². The first kappa shape index (κ1) is 9.23. The van der Waals surface area contributed by atoms with Gasteiger partial charge in [0.25, 0.3) is 0 Å². The Hall–Kier alpha value is -1.33. The van der Waals surface area contributed by atoms with Crippen molar-refractivity contribution in [2.24, 2.45) is 0 Å². The van der Waals surface area contributed by atoms with Gasteiger partial charge in [0, 0.05) is 5.56 Å². The van der Waals surface area contributed by atoms with E-state index in [1.165, 1.54) is 6.92 Å². The zero-order valence-corrected chi connectivity index (χ0v) is 8.28. The van der Waals surface area contributed by atoms with Gasteiger partial charge in [0.1, 0.15) is 5.76 Å². The van der Waals surface area contributed by atoms with Gasteiger partial charge in [-0.25, -0.2) is 4.21 Å². The standard InChI is InChI=1S/C9H9NO3S/c1-6-9(11)7-4-2-3-5-8(7)14(13)10(6)12/h2-5,11-12H,1H3. The first-order valence-electron chi connectivity index (χ1n) is 4.03. The number of hydroxylamine groups is 1. The van der Waals surface area contributed by atoms with E-state index in [0.717, 1.165) is 0 Å². The molecule has 5 heteroatoms. The van der Waals surface area contributed by atoms with Crippen LogP contribution in [0.5, 0.6) is 0 Å². The fraction of sp³-hybridized carbons (Fsp3) is 0.111. The van der Waals surface area contributed by atoms with E-state index >= 15 is 0 Å². The van der Waals surface area contributed by atoms with E-state index in [-0.39, 0.29) is 11.5 Å². The minimum absolute atomic E-state index is 0.0392. The molecule has 1 atom stereocenters. The predicted octanol–water partition coefficient (Wildman–Crippen LogP) is 1.66. The number of hydrogen-bond donors (Lipinski definition) is 2. The Morgan fingerprint density at radius 2 is 2.00 bits per heavy atom. The second-order valence-electron chi connectivity index (χ2n) is 2.95. The predicted molar refractivity (Wildman–Crippen MR) is 51.7 cm³/mol. The van der Waals surface area contributed by atoms with Gasteiger partial charge in [-0.2, -0.15) is 4.47 Å². The van der Waals surface area contributed by atoms with E-state index in [2.05, 4.69) is 0 Å². The van der Waals surface area contributed by atoms with Crippen LogP contribution in [-0.2, 0) is 11.0 Å². The molecule has 0 radical (unpaired) electrons. The van der Waals surface area contributed by atoms with Crippen LogP contribution in [0.1, 0.15) is 12.5 Å². The highest BCUT2D eigenvalue weighted by Crippen LogP contribution is 2.31. The minimum Gasteiger partial charge on any atom is -0.505 e. The molecule has 0 amide bonds. The summed E-state index contributed by atoms with van der Waals surface area (Å²) in [5.74, 6) is -0.0392. The van der Waals surface area contributed by atoms with Gasteiger partial charge in [0.05, 0.1) is 10.6 Å². The SMILES string of the molecule is CC1=C(O)c2ccccc2S(=O)N1O. The molecular weight excluding hydrogens is 202 g/mol. The van der Waals surface area contributed by atoms with Crippen LogP contribution in [0.3, 0.4) is 0 Å². The average molecular weight is 211 g/mol. The highest BCUT2D eigenvalue weighted by atomic mass is 32.2.